The highest BCUT2D eigenvalue weighted by Gasteiger charge is 2.37. The zero-order chi connectivity index (χ0) is 14.8. The maximum atomic E-state index is 6.63. The second kappa shape index (κ2) is 6.23. The molecule has 2 aromatic carbocycles. The number of nitrogens with one attached hydrogen (secondary N) is 1. The Bertz CT molecular complexity index is 558. The number of hydrogen-bond acceptors (Lipinski definition) is 2. The van der Waals surface area contributed by atoms with E-state index in [1.807, 2.05) is 0 Å². The molecule has 2 fully saturated rings. The van der Waals surface area contributed by atoms with E-state index in [9.17, 15) is 0 Å². The van der Waals surface area contributed by atoms with Gasteiger partial charge in [-0.1, -0.05) is 60.7 Å². The predicted molar refractivity (Wildman–Crippen MR) is 88.8 cm³/mol. The molecular formula is C20H23NO. The lowest BCUT2D eigenvalue weighted by Crippen LogP contribution is -2.45. The van der Waals surface area contributed by atoms with E-state index in [4.69, 9.17) is 4.74 Å². The Morgan fingerprint density at radius 1 is 0.773 bits per heavy atom. The minimum Gasteiger partial charge on any atom is -0.364 e. The van der Waals surface area contributed by atoms with Crippen molar-refractivity contribution in [2.45, 2.75) is 50.0 Å². The Labute approximate surface area is 132 Å². The Morgan fingerprint density at radius 2 is 1.36 bits per heavy atom. The van der Waals surface area contributed by atoms with E-state index in [0.29, 0.717) is 12.1 Å². The topological polar surface area (TPSA) is 21.3 Å². The smallest absolute Gasteiger partial charge is 0.108 e. The molecule has 2 bridgehead atoms. The molecule has 0 saturated carbocycles. The molecule has 114 valence electrons. The largest absolute Gasteiger partial charge is 0.364 e. The molecule has 2 aromatic rings. The maximum absolute atomic E-state index is 6.63. The van der Waals surface area contributed by atoms with Crippen molar-refractivity contribution in [1.29, 1.82) is 0 Å². The molecule has 0 aliphatic carbocycles. The van der Waals surface area contributed by atoms with Gasteiger partial charge >= 0.3 is 0 Å². The van der Waals surface area contributed by atoms with Gasteiger partial charge in [-0.2, -0.15) is 0 Å². The summed E-state index contributed by atoms with van der Waals surface area (Å²) in [6.07, 6.45) is 5.35. The van der Waals surface area contributed by atoms with Gasteiger partial charge in [0, 0.05) is 12.1 Å². The van der Waals surface area contributed by atoms with Crippen molar-refractivity contribution in [1.82, 2.24) is 5.32 Å². The Hall–Kier alpha value is -1.64. The molecule has 2 aliphatic rings. The van der Waals surface area contributed by atoms with Crippen LogP contribution >= 0.6 is 0 Å². The summed E-state index contributed by atoms with van der Waals surface area (Å²) in [5, 5.41) is 3.72. The van der Waals surface area contributed by atoms with Crippen LogP contribution in [0.1, 0.15) is 42.9 Å². The zero-order valence-electron chi connectivity index (χ0n) is 12.8. The second-order valence-corrected chi connectivity index (χ2v) is 6.50. The SMILES string of the molecule is c1ccc(C(O[C@@H]2CCC3CCC2N3)c2ccccc2)cc1. The molecule has 2 heterocycles. The highest BCUT2D eigenvalue weighted by molar-refractivity contribution is 5.30. The first-order valence-corrected chi connectivity index (χ1v) is 8.41. The molecule has 22 heavy (non-hydrogen) atoms. The van der Waals surface area contributed by atoms with E-state index in [-0.39, 0.29) is 6.10 Å². The molecular weight excluding hydrogens is 270 g/mol. The number of rotatable bonds is 4. The van der Waals surface area contributed by atoms with Crippen LogP contribution in [0.25, 0.3) is 0 Å². The summed E-state index contributed by atoms with van der Waals surface area (Å²) in [7, 11) is 0. The van der Waals surface area contributed by atoms with E-state index in [1.54, 1.807) is 0 Å². The molecule has 4 rings (SSSR count). The molecule has 2 unspecified atom stereocenters. The Kier molecular flexibility index (Phi) is 3.96. The quantitative estimate of drug-likeness (QED) is 0.917. The van der Waals surface area contributed by atoms with Gasteiger partial charge in [-0.25, -0.2) is 0 Å². The van der Waals surface area contributed by atoms with Crippen LogP contribution in [-0.2, 0) is 4.74 Å². The van der Waals surface area contributed by atoms with Crippen LogP contribution in [0.3, 0.4) is 0 Å². The van der Waals surface area contributed by atoms with Crippen LogP contribution in [-0.4, -0.2) is 18.2 Å². The van der Waals surface area contributed by atoms with E-state index in [1.165, 1.54) is 36.8 Å². The summed E-state index contributed by atoms with van der Waals surface area (Å²) in [5.74, 6) is 0. The molecule has 2 nitrogen and oxygen atoms in total. The molecule has 0 amide bonds. The van der Waals surface area contributed by atoms with Gasteiger partial charge in [-0.05, 0) is 36.8 Å². The molecule has 0 spiro atoms. The summed E-state index contributed by atoms with van der Waals surface area (Å²) in [6, 6.07) is 22.5. The number of benzene rings is 2. The molecule has 1 N–H and O–H groups in total. The summed E-state index contributed by atoms with van der Waals surface area (Å²) < 4.78 is 6.63. The minimum atomic E-state index is 0.0337. The minimum absolute atomic E-state index is 0.0337. The number of hydrogen-bond donors (Lipinski definition) is 1. The Balaban J connectivity index is 1.60. The molecule has 2 saturated heterocycles. The van der Waals surface area contributed by atoms with E-state index < -0.39 is 0 Å². The van der Waals surface area contributed by atoms with Gasteiger partial charge in [0.25, 0.3) is 0 Å². The zero-order valence-corrected chi connectivity index (χ0v) is 12.8. The van der Waals surface area contributed by atoms with E-state index in [0.717, 1.165) is 6.04 Å². The van der Waals surface area contributed by atoms with Gasteiger partial charge in [0.15, 0.2) is 0 Å². The van der Waals surface area contributed by atoms with Gasteiger partial charge < -0.3 is 10.1 Å². The summed E-state index contributed by atoms with van der Waals surface area (Å²) in [5.41, 5.74) is 2.49. The van der Waals surface area contributed by atoms with Crippen molar-refractivity contribution in [3.05, 3.63) is 71.8 Å². The summed E-state index contributed by atoms with van der Waals surface area (Å²) in [6.45, 7) is 0. The van der Waals surface area contributed by atoms with Crippen LogP contribution in [0.15, 0.2) is 60.7 Å². The first kappa shape index (κ1) is 14.0. The maximum Gasteiger partial charge on any atom is 0.108 e. The average Bonchev–Trinajstić information content (AvgIpc) is 2.98. The lowest BCUT2D eigenvalue weighted by molar-refractivity contribution is -0.0252. The van der Waals surface area contributed by atoms with Gasteiger partial charge in [-0.3, -0.25) is 0 Å². The van der Waals surface area contributed by atoms with Crippen LogP contribution in [0, 0.1) is 0 Å². The lowest BCUT2D eigenvalue weighted by Gasteiger charge is -2.33. The van der Waals surface area contributed by atoms with Crippen LogP contribution < -0.4 is 5.32 Å². The van der Waals surface area contributed by atoms with Crippen LogP contribution in [0.4, 0.5) is 0 Å². The van der Waals surface area contributed by atoms with Crippen molar-refractivity contribution < 1.29 is 4.74 Å². The van der Waals surface area contributed by atoms with Gasteiger partial charge in [0.2, 0.25) is 0 Å². The van der Waals surface area contributed by atoms with Crippen molar-refractivity contribution in [2.75, 3.05) is 0 Å². The monoisotopic (exact) mass is 293 g/mol. The van der Waals surface area contributed by atoms with E-state index >= 15 is 0 Å². The van der Waals surface area contributed by atoms with Crippen molar-refractivity contribution in [2.24, 2.45) is 0 Å². The summed E-state index contributed by atoms with van der Waals surface area (Å²) >= 11 is 0. The first-order chi connectivity index (χ1) is 10.9. The third-order valence-corrected chi connectivity index (χ3v) is 5.04. The number of ether oxygens (including phenoxy) is 1. The fraction of sp³-hybridized carbons (Fsp3) is 0.400. The van der Waals surface area contributed by atoms with Crippen molar-refractivity contribution >= 4 is 0 Å². The standard InChI is InChI=1S/C20H23NO/c1-3-7-15(8-4-1)20(16-9-5-2-6-10-16)22-19-14-12-17-11-13-18(19)21-17/h1-10,17-21H,11-14H2/t17?,18?,19-/m1/s1. The average molecular weight is 293 g/mol. The lowest BCUT2D eigenvalue weighted by atomic mass is 9.98. The molecule has 0 radical (unpaired) electrons. The summed E-state index contributed by atoms with van der Waals surface area (Å²) in [4.78, 5) is 0. The molecule has 2 aliphatic heterocycles. The van der Waals surface area contributed by atoms with Gasteiger partial charge in [0.05, 0.1) is 6.10 Å². The molecule has 0 aromatic heterocycles. The van der Waals surface area contributed by atoms with Gasteiger partial charge in [-0.15, -0.1) is 0 Å². The van der Waals surface area contributed by atoms with Gasteiger partial charge in [0.1, 0.15) is 6.10 Å². The number of fused-ring (bicyclic) bond motifs is 2. The van der Waals surface area contributed by atoms with Crippen LogP contribution in [0.5, 0.6) is 0 Å². The van der Waals surface area contributed by atoms with Crippen molar-refractivity contribution in [3.63, 3.8) is 0 Å². The van der Waals surface area contributed by atoms with E-state index in [2.05, 4.69) is 66.0 Å². The second-order valence-electron chi connectivity index (χ2n) is 6.50. The highest BCUT2D eigenvalue weighted by atomic mass is 16.5. The highest BCUT2D eigenvalue weighted by Crippen LogP contribution is 2.34. The Morgan fingerprint density at radius 3 is 2.00 bits per heavy atom. The third-order valence-electron chi connectivity index (χ3n) is 5.04. The first-order valence-electron chi connectivity index (χ1n) is 8.41. The van der Waals surface area contributed by atoms with Crippen LogP contribution in [0.2, 0.25) is 0 Å². The normalized spacial score (nSPS) is 27.2. The van der Waals surface area contributed by atoms with Crippen molar-refractivity contribution in [3.8, 4) is 0 Å². The fourth-order valence-corrected chi connectivity index (χ4v) is 3.88. The fourth-order valence-electron chi connectivity index (χ4n) is 3.88. The molecule has 3 atom stereocenters. The third kappa shape index (κ3) is 2.81. The molecule has 2 heteroatoms. The predicted octanol–water partition coefficient (Wildman–Crippen LogP) is 4.08. The number of piperidine rings is 1.